The minimum atomic E-state index is -0.0590. The number of hydrogen-bond donors (Lipinski definition) is 1. The second-order valence-electron chi connectivity index (χ2n) is 8.66. The fourth-order valence-corrected chi connectivity index (χ4v) is 4.82. The average molecular weight is 435 g/mol. The van der Waals surface area contributed by atoms with Crippen LogP contribution in [-0.4, -0.2) is 54.5 Å². The maximum absolute atomic E-state index is 13.0. The van der Waals surface area contributed by atoms with E-state index in [9.17, 15) is 9.59 Å². The molecule has 0 spiro atoms. The third kappa shape index (κ3) is 4.74. The molecular weight excluding hydrogens is 400 g/mol. The molecule has 2 aromatic rings. The first-order valence-electron chi connectivity index (χ1n) is 11.9. The van der Waals surface area contributed by atoms with Crippen LogP contribution < -0.4 is 10.2 Å². The molecule has 2 aromatic carbocycles. The highest BCUT2D eigenvalue weighted by atomic mass is 16.2. The summed E-state index contributed by atoms with van der Waals surface area (Å²) >= 11 is 0. The van der Waals surface area contributed by atoms with E-state index in [2.05, 4.69) is 40.5 Å². The number of fused-ring (bicyclic) bond motifs is 1. The molecule has 0 radical (unpaired) electrons. The molecule has 1 N–H and O–H groups in total. The highest BCUT2D eigenvalue weighted by Crippen LogP contribution is 2.30. The highest BCUT2D eigenvalue weighted by Gasteiger charge is 2.29. The lowest BCUT2D eigenvalue weighted by Gasteiger charge is -2.34. The van der Waals surface area contributed by atoms with Gasteiger partial charge in [0.2, 0.25) is 5.91 Å². The van der Waals surface area contributed by atoms with Gasteiger partial charge in [0.05, 0.1) is 0 Å². The van der Waals surface area contributed by atoms with E-state index in [1.54, 1.807) is 0 Å². The molecule has 2 aliphatic rings. The number of amides is 3. The smallest absolute Gasteiger partial charge is 0.319 e. The average Bonchev–Trinajstić information content (AvgIpc) is 3.24. The Morgan fingerprint density at radius 2 is 1.66 bits per heavy atom. The predicted molar refractivity (Wildman–Crippen MR) is 129 cm³/mol. The number of carbonyl (C=O) groups excluding carboxylic acids is 2. The maximum atomic E-state index is 13.0. The van der Waals surface area contributed by atoms with Gasteiger partial charge >= 0.3 is 6.03 Å². The number of nitrogens with one attached hydrogen (secondary N) is 1. The van der Waals surface area contributed by atoms with E-state index in [0.717, 1.165) is 30.8 Å². The van der Waals surface area contributed by atoms with E-state index >= 15 is 0 Å². The number of benzene rings is 2. The Morgan fingerprint density at radius 1 is 0.969 bits per heavy atom. The second kappa shape index (κ2) is 10.1. The molecule has 0 aromatic heterocycles. The first-order chi connectivity index (χ1) is 15.6. The van der Waals surface area contributed by atoms with Crippen LogP contribution in [0.5, 0.6) is 0 Å². The molecule has 2 aliphatic heterocycles. The van der Waals surface area contributed by atoms with Gasteiger partial charge in [-0.3, -0.25) is 4.79 Å². The van der Waals surface area contributed by atoms with Crippen molar-refractivity contribution in [2.45, 2.75) is 39.7 Å². The Morgan fingerprint density at radius 3 is 2.41 bits per heavy atom. The molecule has 1 saturated heterocycles. The lowest BCUT2D eigenvalue weighted by atomic mass is 9.95. The highest BCUT2D eigenvalue weighted by molar-refractivity contribution is 5.93. The molecule has 0 saturated carbocycles. The number of hydrogen-bond acceptors (Lipinski definition) is 3. The Labute approximate surface area is 191 Å². The van der Waals surface area contributed by atoms with Crippen LogP contribution in [0.2, 0.25) is 0 Å². The fraction of sp³-hybridized carbons (Fsp3) is 0.462. The molecule has 0 bridgehead atoms. The van der Waals surface area contributed by atoms with Crippen molar-refractivity contribution in [2.75, 3.05) is 42.9 Å². The molecule has 4 rings (SSSR count). The largest absolute Gasteiger partial charge is 0.367 e. The van der Waals surface area contributed by atoms with Crippen molar-refractivity contribution in [3.63, 3.8) is 0 Å². The molecule has 6 heteroatoms. The van der Waals surface area contributed by atoms with Crippen molar-refractivity contribution < 1.29 is 9.59 Å². The van der Waals surface area contributed by atoms with Crippen molar-refractivity contribution in [1.82, 2.24) is 9.80 Å². The third-order valence-electron chi connectivity index (χ3n) is 6.79. The Balaban J connectivity index is 1.36. The van der Waals surface area contributed by atoms with Crippen LogP contribution in [0.15, 0.2) is 48.5 Å². The predicted octanol–water partition coefficient (Wildman–Crippen LogP) is 4.36. The van der Waals surface area contributed by atoms with Gasteiger partial charge < -0.3 is 20.0 Å². The summed E-state index contributed by atoms with van der Waals surface area (Å²) in [5.41, 5.74) is 4.70. The number of anilines is 2. The van der Waals surface area contributed by atoms with Gasteiger partial charge in [-0.1, -0.05) is 36.4 Å². The van der Waals surface area contributed by atoms with Crippen LogP contribution >= 0.6 is 0 Å². The summed E-state index contributed by atoms with van der Waals surface area (Å²) in [5.74, 6) is 0.00512. The van der Waals surface area contributed by atoms with E-state index in [1.165, 1.54) is 11.3 Å². The summed E-state index contributed by atoms with van der Waals surface area (Å²) in [5, 5.41) is 3.19. The summed E-state index contributed by atoms with van der Waals surface area (Å²) in [6, 6.07) is 16.7. The summed E-state index contributed by atoms with van der Waals surface area (Å²) in [7, 11) is 0. The molecule has 0 aliphatic carbocycles. The zero-order valence-electron chi connectivity index (χ0n) is 19.2. The number of urea groups is 1. The number of likely N-dealkylation sites (tertiary alicyclic amines) is 1. The molecular formula is C26H34N4O2. The first-order valence-corrected chi connectivity index (χ1v) is 11.9. The lowest BCUT2D eigenvalue weighted by Crippen LogP contribution is -2.47. The normalized spacial score (nSPS) is 16.1. The van der Waals surface area contributed by atoms with Gasteiger partial charge in [0.25, 0.3) is 0 Å². The number of nitrogens with zero attached hydrogens (tertiary/aromatic N) is 3. The van der Waals surface area contributed by atoms with E-state index in [4.69, 9.17) is 0 Å². The SMILES string of the molecule is CCN(CC)C(=O)N1CCC(C(=O)Nc2ccccc2CN2CCc3ccccc32)CC1. The summed E-state index contributed by atoms with van der Waals surface area (Å²) in [6.45, 7) is 8.49. The van der Waals surface area contributed by atoms with Crippen molar-refractivity contribution in [3.05, 3.63) is 59.7 Å². The standard InChI is InChI=1S/C26H34N4O2/c1-3-28(4-2)26(32)29-16-14-21(15-17-29)25(31)27-23-11-7-5-10-22(23)19-30-18-13-20-9-6-8-12-24(20)30/h5-12,21H,3-4,13-19H2,1-2H3,(H,27,31). The molecule has 6 nitrogen and oxygen atoms in total. The Bertz CT molecular complexity index is 948. The van der Waals surface area contributed by atoms with Crippen LogP contribution in [-0.2, 0) is 17.8 Å². The Hall–Kier alpha value is -3.02. The molecule has 2 heterocycles. The number of rotatable bonds is 6. The number of para-hydroxylation sites is 2. The molecule has 3 amide bonds. The van der Waals surface area contributed by atoms with E-state index in [0.29, 0.717) is 39.0 Å². The van der Waals surface area contributed by atoms with Gasteiger partial charge in [0.1, 0.15) is 0 Å². The number of piperidine rings is 1. The van der Waals surface area contributed by atoms with Crippen LogP contribution in [0.25, 0.3) is 0 Å². The van der Waals surface area contributed by atoms with Crippen LogP contribution in [0, 0.1) is 5.92 Å². The summed E-state index contributed by atoms with van der Waals surface area (Å²) < 4.78 is 0. The molecule has 32 heavy (non-hydrogen) atoms. The minimum Gasteiger partial charge on any atom is -0.367 e. The van der Waals surface area contributed by atoms with Crippen molar-refractivity contribution in [2.24, 2.45) is 5.92 Å². The van der Waals surface area contributed by atoms with Gasteiger partial charge in [-0.05, 0) is 56.4 Å². The van der Waals surface area contributed by atoms with Gasteiger partial charge in [0, 0.05) is 56.6 Å². The summed E-state index contributed by atoms with van der Waals surface area (Å²) in [6.07, 6.45) is 2.48. The fourth-order valence-electron chi connectivity index (χ4n) is 4.82. The third-order valence-corrected chi connectivity index (χ3v) is 6.79. The van der Waals surface area contributed by atoms with Crippen molar-refractivity contribution >= 4 is 23.3 Å². The first kappa shape index (κ1) is 22.2. The zero-order chi connectivity index (χ0) is 22.5. The second-order valence-corrected chi connectivity index (χ2v) is 8.66. The zero-order valence-corrected chi connectivity index (χ0v) is 19.2. The number of carbonyl (C=O) groups is 2. The topological polar surface area (TPSA) is 55.9 Å². The van der Waals surface area contributed by atoms with Gasteiger partial charge in [-0.15, -0.1) is 0 Å². The van der Waals surface area contributed by atoms with Crippen LogP contribution in [0.3, 0.4) is 0 Å². The van der Waals surface area contributed by atoms with Gasteiger partial charge in [-0.25, -0.2) is 4.79 Å². The minimum absolute atomic E-state index is 0.0590. The van der Waals surface area contributed by atoms with E-state index in [-0.39, 0.29) is 17.9 Å². The summed E-state index contributed by atoms with van der Waals surface area (Å²) in [4.78, 5) is 31.7. The van der Waals surface area contributed by atoms with Gasteiger partial charge in [0.15, 0.2) is 0 Å². The van der Waals surface area contributed by atoms with Crippen LogP contribution in [0.1, 0.15) is 37.8 Å². The Kier molecular flexibility index (Phi) is 6.98. The molecule has 1 fully saturated rings. The molecule has 0 unspecified atom stereocenters. The van der Waals surface area contributed by atoms with E-state index < -0.39 is 0 Å². The molecule has 170 valence electrons. The van der Waals surface area contributed by atoms with E-state index in [1.807, 2.05) is 41.8 Å². The molecule has 0 atom stereocenters. The monoisotopic (exact) mass is 434 g/mol. The van der Waals surface area contributed by atoms with Crippen molar-refractivity contribution in [1.29, 1.82) is 0 Å². The van der Waals surface area contributed by atoms with Crippen LogP contribution in [0.4, 0.5) is 16.2 Å². The van der Waals surface area contributed by atoms with Crippen molar-refractivity contribution in [3.8, 4) is 0 Å². The van der Waals surface area contributed by atoms with Gasteiger partial charge in [-0.2, -0.15) is 0 Å². The quantitative estimate of drug-likeness (QED) is 0.735. The lowest BCUT2D eigenvalue weighted by molar-refractivity contribution is -0.121. The maximum Gasteiger partial charge on any atom is 0.319 e.